The van der Waals surface area contributed by atoms with Gasteiger partial charge >= 0.3 is 0 Å². The summed E-state index contributed by atoms with van der Waals surface area (Å²) in [5.41, 5.74) is 3.83. The number of methoxy groups -OCH3 is 1. The fourth-order valence-corrected chi connectivity index (χ4v) is 2.30. The molecule has 0 bridgehead atoms. The van der Waals surface area contributed by atoms with Gasteiger partial charge in [0, 0.05) is 38.9 Å². The zero-order valence-corrected chi connectivity index (χ0v) is 13.5. The molecule has 4 heteroatoms. The molecule has 0 saturated carbocycles. The Kier molecular flexibility index (Phi) is 8.51. The highest BCUT2D eigenvalue weighted by atomic mass is 16.5. The lowest BCUT2D eigenvalue weighted by atomic mass is 10.0. The summed E-state index contributed by atoms with van der Waals surface area (Å²) in [6.07, 6.45) is 3.35. The Bertz CT molecular complexity index is 411. The number of hydrogen-bond donors (Lipinski definition) is 2. The molecule has 2 N–H and O–H groups in total. The second-order valence-electron chi connectivity index (χ2n) is 5.03. The molecule has 0 aliphatic rings. The normalized spacial score (nSPS) is 10.4. The first-order valence-corrected chi connectivity index (χ1v) is 7.83. The molecule has 118 valence electrons. The first-order chi connectivity index (χ1) is 10.2. The number of para-hydroxylation sites is 1. The van der Waals surface area contributed by atoms with Crippen LogP contribution in [0.15, 0.2) is 18.2 Å². The molecule has 21 heavy (non-hydrogen) atoms. The van der Waals surface area contributed by atoms with Gasteiger partial charge in [-0.3, -0.25) is 4.79 Å². The molecule has 1 aromatic rings. The maximum absolute atomic E-state index is 11.7. The van der Waals surface area contributed by atoms with Crippen LogP contribution in [0.3, 0.4) is 0 Å². The van der Waals surface area contributed by atoms with Gasteiger partial charge in [-0.15, -0.1) is 0 Å². The van der Waals surface area contributed by atoms with Crippen LogP contribution in [0.2, 0.25) is 0 Å². The largest absolute Gasteiger partial charge is 0.385 e. The van der Waals surface area contributed by atoms with E-state index in [1.54, 1.807) is 7.11 Å². The molecule has 0 spiro atoms. The molecule has 0 aromatic heterocycles. The number of anilines is 1. The second-order valence-corrected chi connectivity index (χ2v) is 5.03. The van der Waals surface area contributed by atoms with Gasteiger partial charge in [-0.1, -0.05) is 32.0 Å². The quantitative estimate of drug-likeness (QED) is 0.652. The van der Waals surface area contributed by atoms with Gasteiger partial charge in [0.1, 0.15) is 0 Å². The molecular formula is C17H28N2O2. The van der Waals surface area contributed by atoms with Gasteiger partial charge in [-0.2, -0.15) is 0 Å². The van der Waals surface area contributed by atoms with Crippen LogP contribution in [0.1, 0.15) is 37.8 Å². The molecule has 0 saturated heterocycles. The number of carbonyl (C=O) groups is 1. The number of nitrogens with one attached hydrogen (secondary N) is 2. The lowest BCUT2D eigenvalue weighted by Gasteiger charge is -2.15. The summed E-state index contributed by atoms with van der Waals surface area (Å²) in [6, 6.07) is 6.39. The molecule has 1 aromatic carbocycles. The summed E-state index contributed by atoms with van der Waals surface area (Å²) in [5.74, 6) is 0.0885. The van der Waals surface area contributed by atoms with Crippen molar-refractivity contribution in [2.75, 3.05) is 32.1 Å². The lowest BCUT2D eigenvalue weighted by Crippen LogP contribution is -2.27. The SMILES string of the molecule is CCc1cccc(CC)c1NCCC(=O)NCCCOC. The van der Waals surface area contributed by atoms with Crippen LogP contribution in [0.4, 0.5) is 5.69 Å². The molecule has 0 radical (unpaired) electrons. The smallest absolute Gasteiger partial charge is 0.221 e. The molecule has 0 atom stereocenters. The van der Waals surface area contributed by atoms with Crippen LogP contribution in [0.5, 0.6) is 0 Å². The summed E-state index contributed by atoms with van der Waals surface area (Å²) < 4.78 is 4.95. The van der Waals surface area contributed by atoms with Gasteiger partial charge in [-0.25, -0.2) is 0 Å². The Labute approximate surface area is 128 Å². The molecule has 1 amide bonds. The monoisotopic (exact) mass is 292 g/mol. The van der Waals surface area contributed by atoms with E-state index in [1.807, 2.05) is 0 Å². The van der Waals surface area contributed by atoms with Crippen LogP contribution in [-0.4, -0.2) is 32.7 Å². The van der Waals surface area contributed by atoms with Gasteiger partial charge in [-0.05, 0) is 30.4 Å². The van der Waals surface area contributed by atoms with Gasteiger partial charge < -0.3 is 15.4 Å². The third-order valence-electron chi connectivity index (χ3n) is 3.50. The van der Waals surface area contributed by atoms with Crippen molar-refractivity contribution in [3.63, 3.8) is 0 Å². The number of aryl methyl sites for hydroxylation is 2. The van der Waals surface area contributed by atoms with E-state index >= 15 is 0 Å². The zero-order valence-electron chi connectivity index (χ0n) is 13.5. The minimum absolute atomic E-state index is 0.0885. The van der Waals surface area contributed by atoms with Crippen LogP contribution >= 0.6 is 0 Å². The summed E-state index contributed by atoms with van der Waals surface area (Å²) in [6.45, 7) is 6.34. The van der Waals surface area contributed by atoms with E-state index in [1.165, 1.54) is 16.8 Å². The number of amides is 1. The number of hydrogen-bond acceptors (Lipinski definition) is 3. The topological polar surface area (TPSA) is 50.4 Å². The van der Waals surface area contributed by atoms with E-state index in [9.17, 15) is 4.79 Å². The van der Waals surface area contributed by atoms with Gasteiger partial charge in [0.15, 0.2) is 0 Å². The van der Waals surface area contributed by atoms with Crippen LogP contribution in [0.25, 0.3) is 0 Å². The maximum atomic E-state index is 11.7. The Balaban J connectivity index is 2.40. The maximum Gasteiger partial charge on any atom is 0.221 e. The van der Waals surface area contributed by atoms with Gasteiger partial charge in [0.25, 0.3) is 0 Å². The molecule has 4 nitrogen and oxygen atoms in total. The molecule has 0 unspecified atom stereocenters. The molecule has 0 heterocycles. The molecule has 0 fully saturated rings. The standard InChI is InChI=1S/C17H28N2O2/c1-4-14-8-6-9-15(5-2)17(14)19-12-10-16(20)18-11-7-13-21-3/h6,8-9,19H,4-5,7,10-13H2,1-3H3,(H,18,20). The Morgan fingerprint density at radius 1 is 1.14 bits per heavy atom. The highest BCUT2D eigenvalue weighted by molar-refractivity contribution is 5.76. The fraction of sp³-hybridized carbons (Fsp3) is 0.588. The minimum atomic E-state index is 0.0885. The van der Waals surface area contributed by atoms with Crippen molar-refractivity contribution in [2.24, 2.45) is 0 Å². The number of rotatable bonds is 10. The molecule has 1 rings (SSSR count). The predicted molar refractivity (Wildman–Crippen MR) is 87.8 cm³/mol. The number of benzene rings is 1. The molecule has 0 aliphatic carbocycles. The van der Waals surface area contributed by atoms with E-state index in [2.05, 4.69) is 42.7 Å². The Hall–Kier alpha value is -1.55. The van der Waals surface area contributed by atoms with E-state index in [0.29, 0.717) is 26.1 Å². The van der Waals surface area contributed by atoms with E-state index in [4.69, 9.17) is 4.74 Å². The van der Waals surface area contributed by atoms with E-state index in [0.717, 1.165) is 19.3 Å². The van der Waals surface area contributed by atoms with Crippen molar-refractivity contribution >= 4 is 11.6 Å². The number of ether oxygens (including phenoxy) is 1. The fourth-order valence-electron chi connectivity index (χ4n) is 2.30. The van der Waals surface area contributed by atoms with E-state index in [-0.39, 0.29) is 5.91 Å². The van der Waals surface area contributed by atoms with Crippen LogP contribution in [-0.2, 0) is 22.4 Å². The first kappa shape index (κ1) is 17.5. The van der Waals surface area contributed by atoms with Crippen molar-refractivity contribution in [2.45, 2.75) is 39.5 Å². The van der Waals surface area contributed by atoms with Crippen molar-refractivity contribution in [3.8, 4) is 0 Å². The summed E-state index contributed by atoms with van der Waals surface area (Å²) in [4.78, 5) is 11.7. The van der Waals surface area contributed by atoms with Crippen LogP contribution < -0.4 is 10.6 Å². The third-order valence-corrected chi connectivity index (χ3v) is 3.50. The van der Waals surface area contributed by atoms with Gasteiger partial charge in [0.05, 0.1) is 0 Å². The first-order valence-electron chi connectivity index (χ1n) is 7.83. The highest BCUT2D eigenvalue weighted by Crippen LogP contribution is 2.22. The number of carbonyl (C=O) groups excluding carboxylic acids is 1. The predicted octanol–water partition coefficient (Wildman–Crippen LogP) is 2.77. The lowest BCUT2D eigenvalue weighted by molar-refractivity contribution is -0.120. The zero-order chi connectivity index (χ0) is 15.5. The average Bonchev–Trinajstić information content (AvgIpc) is 2.51. The Morgan fingerprint density at radius 3 is 2.38 bits per heavy atom. The summed E-state index contributed by atoms with van der Waals surface area (Å²) in [5, 5.41) is 6.33. The summed E-state index contributed by atoms with van der Waals surface area (Å²) in [7, 11) is 1.67. The van der Waals surface area contributed by atoms with Crippen molar-refractivity contribution in [3.05, 3.63) is 29.3 Å². The van der Waals surface area contributed by atoms with Crippen LogP contribution in [0, 0.1) is 0 Å². The minimum Gasteiger partial charge on any atom is -0.385 e. The average molecular weight is 292 g/mol. The second kappa shape index (κ2) is 10.2. The molecular weight excluding hydrogens is 264 g/mol. The summed E-state index contributed by atoms with van der Waals surface area (Å²) >= 11 is 0. The highest BCUT2D eigenvalue weighted by Gasteiger charge is 2.06. The third kappa shape index (κ3) is 6.17. The Morgan fingerprint density at radius 2 is 1.81 bits per heavy atom. The van der Waals surface area contributed by atoms with Crippen molar-refractivity contribution in [1.82, 2.24) is 5.32 Å². The van der Waals surface area contributed by atoms with Crippen molar-refractivity contribution in [1.29, 1.82) is 0 Å². The van der Waals surface area contributed by atoms with Crippen molar-refractivity contribution < 1.29 is 9.53 Å². The van der Waals surface area contributed by atoms with Gasteiger partial charge in [0.2, 0.25) is 5.91 Å². The molecule has 0 aliphatic heterocycles. The van der Waals surface area contributed by atoms with E-state index < -0.39 is 0 Å².